The number of H-pyrrole nitrogens is 1. The van der Waals surface area contributed by atoms with Gasteiger partial charge in [-0.05, 0) is 13.8 Å². The maximum Gasteiger partial charge on any atom is 0.344 e. The Labute approximate surface area is 81.7 Å². The Hall–Kier alpha value is -0.710. The monoisotopic (exact) mass is 201 g/mol. The number of hydrogen-bond acceptors (Lipinski definition) is 3. The summed E-state index contributed by atoms with van der Waals surface area (Å²) in [7, 11) is 0. The molecule has 4 nitrogen and oxygen atoms in total. The number of aromatic amines is 1. The number of aromatic nitrogens is 3. The topological polar surface area (TPSA) is 50.7 Å². The molecule has 13 heavy (non-hydrogen) atoms. The molecule has 0 radical (unpaired) electrons. The molecular weight excluding hydrogens is 186 g/mol. The molecule has 1 aromatic heterocycles. The molecule has 1 heterocycles. The van der Waals surface area contributed by atoms with Gasteiger partial charge in [0.05, 0.1) is 0 Å². The predicted octanol–water partition coefficient (Wildman–Crippen LogP) is 1.65. The van der Waals surface area contributed by atoms with Gasteiger partial charge in [0.15, 0.2) is 5.16 Å². The van der Waals surface area contributed by atoms with Crippen molar-refractivity contribution in [1.82, 2.24) is 14.8 Å². The highest BCUT2D eigenvalue weighted by molar-refractivity contribution is 7.99. The standard InChI is InChI=1S/C8H15N3OS/c1-5(2)11-7(12)9-10-8(11)13-6(3)4/h5-6H,1-4H3,(H,9,12). The van der Waals surface area contributed by atoms with E-state index in [1.807, 2.05) is 13.8 Å². The van der Waals surface area contributed by atoms with Crippen molar-refractivity contribution in [3.8, 4) is 0 Å². The Balaban J connectivity index is 3.01. The number of rotatable bonds is 3. The van der Waals surface area contributed by atoms with Gasteiger partial charge in [-0.3, -0.25) is 4.57 Å². The highest BCUT2D eigenvalue weighted by Crippen LogP contribution is 2.20. The lowest BCUT2D eigenvalue weighted by atomic mass is 10.4. The first-order valence-corrected chi connectivity index (χ1v) is 5.24. The van der Waals surface area contributed by atoms with Gasteiger partial charge < -0.3 is 0 Å². The van der Waals surface area contributed by atoms with E-state index in [9.17, 15) is 4.79 Å². The third kappa shape index (κ3) is 2.37. The van der Waals surface area contributed by atoms with Crippen molar-refractivity contribution in [3.05, 3.63) is 10.5 Å². The van der Waals surface area contributed by atoms with Gasteiger partial charge in [0, 0.05) is 11.3 Å². The minimum Gasteiger partial charge on any atom is -0.268 e. The van der Waals surface area contributed by atoms with Gasteiger partial charge in [0.1, 0.15) is 0 Å². The first-order valence-electron chi connectivity index (χ1n) is 4.36. The second-order valence-electron chi connectivity index (χ2n) is 3.44. The molecule has 0 bridgehead atoms. The van der Waals surface area contributed by atoms with Crippen LogP contribution in [0.1, 0.15) is 33.7 Å². The van der Waals surface area contributed by atoms with Crippen LogP contribution in [0, 0.1) is 0 Å². The molecule has 0 aromatic carbocycles. The number of hydrogen-bond donors (Lipinski definition) is 1. The van der Waals surface area contributed by atoms with Crippen LogP contribution in [-0.4, -0.2) is 20.0 Å². The Morgan fingerprint density at radius 3 is 2.46 bits per heavy atom. The Morgan fingerprint density at radius 1 is 1.38 bits per heavy atom. The molecule has 0 spiro atoms. The van der Waals surface area contributed by atoms with E-state index < -0.39 is 0 Å². The van der Waals surface area contributed by atoms with E-state index in [1.165, 1.54) is 0 Å². The zero-order valence-corrected chi connectivity index (χ0v) is 9.18. The molecule has 0 aliphatic rings. The maximum atomic E-state index is 11.3. The molecule has 5 heteroatoms. The summed E-state index contributed by atoms with van der Waals surface area (Å²) in [6, 6.07) is 0.160. The van der Waals surface area contributed by atoms with E-state index >= 15 is 0 Å². The van der Waals surface area contributed by atoms with E-state index in [2.05, 4.69) is 24.0 Å². The summed E-state index contributed by atoms with van der Waals surface area (Å²) in [5.41, 5.74) is -0.127. The van der Waals surface area contributed by atoms with Crippen LogP contribution in [0.4, 0.5) is 0 Å². The average Bonchev–Trinajstić information content (AvgIpc) is 2.30. The lowest BCUT2D eigenvalue weighted by Crippen LogP contribution is -2.19. The van der Waals surface area contributed by atoms with Crippen LogP contribution in [-0.2, 0) is 0 Å². The van der Waals surface area contributed by atoms with Gasteiger partial charge in [0.2, 0.25) is 0 Å². The van der Waals surface area contributed by atoms with Crippen LogP contribution in [0.5, 0.6) is 0 Å². The molecule has 1 N–H and O–H groups in total. The molecule has 0 saturated heterocycles. The van der Waals surface area contributed by atoms with E-state index in [0.29, 0.717) is 5.25 Å². The summed E-state index contributed by atoms with van der Waals surface area (Å²) >= 11 is 1.59. The second kappa shape index (κ2) is 4.00. The van der Waals surface area contributed by atoms with Gasteiger partial charge in [-0.2, -0.15) is 0 Å². The largest absolute Gasteiger partial charge is 0.344 e. The molecule has 0 atom stereocenters. The third-order valence-corrected chi connectivity index (χ3v) is 2.50. The first-order chi connectivity index (χ1) is 6.02. The van der Waals surface area contributed by atoms with Gasteiger partial charge in [-0.1, -0.05) is 25.6 Å². The zero-order valence-electron chi connectivity index (χ0n) is 8.37. The molecule has 0 aliphatic heterocycles. The average molecular weight is 201 g/mol. The zero-order chi connectivity index (χ0) is 10.0. The molecule has 74 valence electrons. The van der Waals surface area contributed by atoms with Crippen LogP contribution in [0.2, 0.25) is 0 Å². The van der Waals surface area contributed by atoms with Crippen LogP contribution in [0.3, 0.4) is 0 Å². The van der Waals surface area contributed by atoms with Crippen molar-refractivity contribution in [2.75, 3.05) is 0 Å². The summed E-state index contributed by atoms with van der Waals surface area (Å²) in [5.74, 6) is 0. The third-order valence-electron chi connectivity index (χ3n) is 1.53. The summed E-state index contributed by atoms with van der Waals surface area (Å²) in [5, 5.41) is 7.64. The van der Waals surface area contributed by atoms with Crippen LogP contribution in [0.25, 0.3) is 0 Å². The fraction of sp³-hybridized carbons (Fsp3) is 0.750. The van der Waals surface area contributed by atoms with Crippen molar-refractivity contribution in [2.45, 2.75) is 44.1 Å². The van der Waals surface area contributed by atoms with Crippen molar-refractivity contribution in [2.24, 2.45) is 0 Å². The van der Waals surface area contributed by atoms with Crippen molar-refractivity contribution >= 4 is 11.8 Å². The molecule has 0 fully saturated rings. The highest BCUT2D eigenvalue weighted by atomic mass is 32.2. The number of nitrogens with zero attached hydrogens (tertiary/aromatic N) is 2. The van der Waals surface area contributed by atoms with Crippen LogP contribution in [0.15, 0.2) is 9.95 Å². The predicted molar refractivity (Wildman–Crippen MR) is 54.2 cm³/mol. The summed E-state index contributed by atoms with van der Waals surface area (Å²) in [6.07, 6.45) is 0. The van der Waals surface area contributed by atoms with Crippen LogP contribution >= 0.6 is 11.8 Å². The van der Waals surface area contributed by atoms with Gasteiger partial charge in [0.25, 0.3) is 0 Å². The Kier molecular flexibility index (Phi) is 3.19. The molecule has 0 aliphatic carbocycles. The number of thioether (sulfide) groups is 1. The fourth-order valence-electron chi connectivity index (χ4n) is 1.04. The quantitative estimate of drug-likeness (QED) is 0.756. The molecule has 0 unspecified atom stereocenters. The van der Waals surface area contributed by atoms with Crippen LogP contribution < -0.4 is 5.69 Å². The van der Waals surface area contributed by atoms with E-state index in [4.69, 9.17) is 0 Å². The number of nitrogens with one attached hydrogen (secondary N) is 1. The summed E-state index contributed by atoms with van der Waals surface area (Å²) in [6.45, 7) is 8.10. The normalized spacial score (nSPS) is 11.5. The van der Waals surface area contributed by atoms with Gasteiger partial charge in [-0.25, -0.2) is 9.89 Å². The summed E-state index contributed by atoms with van der Waals surface area (Å²) in [4.78, 5) is 11.3. The van der Waals surface area contributed by atoms with Crippen molar-refractivity contribution < 1.29 is 0 Å². The minimum absolute atomic E-state index is 0.127. The Bertz CT molecular complexity index is 326. The smallest absolute Gasteiger partial charge is 0.268 e. The Morgan fingerprint density at radius 2 is 2.00 bits per heavy atom. The fourth-order valence-corrected chi connectivity index (χ4v) is 1.97. The molecule has 0 saturated carbocycles. The van der Waals surface area contributed by atoms with Crippen molar-refractivity contribution in [1.29, 1.82) is 0 Å². The van der Waals surface area contributed by atoms with Crippen molar-refractivity contribution in [3.63, 3.8) is 0 Å². The van der Waals surface area contributed by atoms with Gasteiger partial charge in [-0.15, -0.1) is 5.10 Å². The molecule has 1 rings (SSSR count). The molecule has 0 amide bonds. The summed E-state index contributed by atoms with van der Waals surface area (Å²) < 4.78 is 1.67. The van der Waals surface area contributed by atoms with E-state index in [0.717, 1.165) is 5.16 Å². The highest BCUT2D eigenvalue weighted by Gasteiger charge is 2.12. The molecular formula is C8H15N3OS. The maximum absolute atomic E-state index is 11.3. The van der Waals surface area contributed by atoms with E-state index in [1.54, 1.807) is 16.3 Å². The minimum atomic E-state index is -0.127. The first kappa shape index (κ1) is 10.4. The lowest BCUT2D eigenvalue weighted by Gasteiger charge is -2.09. The SMILES string of the molecule is CC(C)Sc1n[nH]c(=O)n1C(C)C. The lowest BCUT2D eigenvalue weighted by molar-refractivity contribution is 0.533. The second-order valence-corrected chi connectivity index (χ2v) is 4.99. The molecule has 1 aromatic rings. The van der Waals surface area contributed by atoms with E-state index in [-0.39, 0.29) is 11.7 Å². The van der Waals surface area contributed by atoms with Gasteiger partial charge >= 0.3 is 5.69 Å².